The largest absolute Gasteiger partial charge is 0.478 e. The average molecular weight is 201 g/mol. The van der Waals surface area contributed by atoms with Gasteiger partial charge < -0.3 is 15.2 Å². The number of hydrogen-bond donors (Lipinski definition) is 2. The predicted octanol–water partition coefficient (Wildman–Crippen LogP) is 1.03. The van der Waals surface area contributed by atoms with Crippen LogP contribution in [0, 0.1) is 0 Å². The molecule has 0 aromatic heterocycles. The number of methoxy groups -OCH3 is 1. The highest BCUT2D eigenvalue weighted by atomic mass is 16.5. The van der Waals surface area contributed by atoms with Crippen molar-refractivity contribution in [1.82, 2.24) is 5.32 Å². The molecule has 0 rings (SSSR count). The van der Waals surface area contributed by atoms with E-state index in [1.54, 1.807) is 7.11 Å². The molecule has 0 heterocycles. The van der Waals surface area contributed by atoms with E-state index in [-0.39, 0.29) is 5.57 Å². The molecule has 2 N–H and O–H groups in total. The number of unbranched alkanes of at least 4 members (excludes halogenated alkanes) is 2. The molecule has 14 heavy (non-hydrogen) atoms. The van der Waals surface area contributed by atoms with Gasteiger partial charge >= 0.3 is 5.97 Å². The standard InChI is InChI=1S/C10H19NO3/c1-9(10(12)13)8-11-6-4-3-5-7-14-2/h11H,1,3-8H2,2H3,(H,12,13). The lowest BCUT2D eigenvalue weighted by Crippen LogP contribution is -2.21. The third-order valence-electron chi connectivity index (χ3n) is 1.84. The van der Waals surface area contributed by atoms with E-state index < -0.39 is 5.97 Å². The highest BCUT2D eigenvalue weighted by Crippen LogP contribution is 1.94. The van der Waals surface area contributed by atoms with Crippen LogP contribution in [0.15, 0.2) is 12.2 Å². The third kappa shape index (κ3) is 7.76. The summed E-state index contributed by atoms with van der Waals surface area (Å²) in [7, 11) is 1.69. The van der Waals surface area contributed by atoms with E-state index in [1.807, 2.05) is 0 Å². The summed E-state index contributed by atoms with van der Waals surface area (Å²) in [5.41, 5.74) is 0.210. The van der Waals surface area contributed by atoms with Crippen molar-refractivity contribution in [3.8, 4) is 0 Å². The predicted molar refractivity (Wildman–Crippen MR) is 55.4 cm³/mol. The molecule has 0 unspecified atom stereocenters. The van der Waals surface area contributed by atoms with E-state index in [0.29, 0.717) is 6.54 Å². The lowest BCUT2D eigenvalue weighted by Gasteiger charge is -2.04. The molecule has 0 fully saturated rings. The molecule has 0 atom stereocenters. The van der Waals surface area contributed by atoms with Gasteiger partial charge in [-0.25, -0.2) is 4.79 Å². The van der Waals surface area contributed by atoms with E-state index in [4.69, 9.17) is 9.84 Å². The van der Waals surface area contributed by atoms with Crippen LogP contribution in [-0.4, -0.2) is 37.9 Å². The van der Waals surface area contributed by atoms with Gasteiger partial charge in [-0.2, -0.15) is 0 Å². The Hall–Kier alpha value is -0.870. The molecular weight excluding hydrogens is 182 g/mol. The van der Waals surface area contributed by atoms with Crippen molar-refractivity contribution in [1.29, 1.82) is 0 Å². The molecule has 0 amide bonds. The van der Waals surface area contributed by atoms with Crippen molar-refractivity contribution < 1.29 is 14.6 Å². The van der Waals surface area contributed by atoms with Crippen molar-refractivity contribution >= 4 is 5.97 Å². The summed E-state index contributed by atoms with van der Waals surface area (Å²) < 4.78 is 4.91. The molecule has 0 aliphatic rings. The monoisotopic (exact) mass is 201 g/mol. The van der Waals surface area contributed by atoms with Gasteiger partial charge in [0.05, 0.1) is 0 Å². The van der Waals surface area contributed by atoms with Crippen LogP contribution in [0.2, 0.25) is 0 Å². The Morgan fingerprint density at radius 3 is 2.71 bits per heavy atom. The van der Waals surface area contributed by atoms with Crippen LogP contribution < -0.4 is 5.32 Å². The van der Waals surface area contributed by atoms with Gasteiger partial charge in [-0.1, -0.05) is 6.58 Å². The molecular formula is C10H19NO3. The molecule has 0 bridgehead atoms. The maximum absolute atomic E-state index is 10.3. The van der Waals surface area contributed by atoms with Gasteiger partial charge in [0.1, 0.15) is 0 Å². The van der Waals surface area contributed by atoms with Gasteiger partial charge in [-0.3, -0.25) is 0 Å². The van der Waals surface area contributed by atoms with Gasteiger partial charge in [-0.15, -0.1) is 0 Å². The Morgan fingerprint density at radius 1 is 1.43 bits per heavy atom. The van der Waals surface area contributed by atoms with Crippen molar-refractivity contribution in [3.63, 3.8) is 0 Å². The second-order valence-electron chi connectivity index (χ2n) is 3.14. The summed E-state index contributed by atoms with van der Waals surface area (Å²) in [6.45, 7) is 5.40. The second kappa shape index (κ2) is 8.72. The van der Waals surface area contributed by atoms with Crippen LogP contribution in [0.25, 0.3) is 0 Å². The molecule has 0 aliphatic heterocycles. The summed E-state index contributed by atoms with van der Waals surface area (Å²) in [6.07, 6.45) is 3.19. The molecule has 4 heteroatoms. The molecule has 4 nitrogen and oxygen atoms in total. The van der Waals surface area contributed by atoms with E-state index in [0.717, 1.165) is 32.4 Å². The van der Waals surface area contributed by atoms with Crippen molar-refractivity contribution in [3.05, 3.63) is 12.2 Å². The highest BCUT2D eigenvalue weighted by Gasteiger charge is 2.01. The van der Waals surface area contributed by atoms with Gasteiger partial charge in [-0.05, 0) is 25.8 Å². The summed E-state index contributed by atoms with van der Waals surface area (Å²) >= 11 is 0. The SMILES string of the molecule is C=C(CNCCCCCOC)C(=O)O. The molecule has 0 saturated heterocycles. The van der Waals surface area contributed by atoms with Crippen molar-refractivity contribution in [2.24, 2.45) is 0 Å². The van der Waals surface area contributed by atoms with Crippen LogP contribution in [0.3, 0.4) is 0 Å². The number of carboxylic acid groups (broad SMARTS) is 1. The van der Waals surface area contributed by atoms with E-state index >= 15 is 0 Å². The second-order valence-corrected chi connectivity index (χ2v) is 3.14. The van der Waals surface area contributed by atoms with Gasteiger partial charge in [0.25, 0.3) is 0 Å². The number of nitrogens with one attached hydrogen (secondary N) is 1. The first kappa shape index (κ1) is 13.1. The minimum atomic E-state index is -0.933. The van der Waals surface area contributed by atoms with E-state index in [9.17, 15) is 4.79 Å². The fourth-order valence-corrected chi connectivity index (χ4v) is 0.988. The zero-order valence-corrected chi connectivity index (χ0v) is 8.71. The molecule has 82 valence electrons. The lowest BCUT2D eigenvalue weighted by molar-refractivity contribution is -0.132. The van der Waals surface area contributed by atoms with Crippen molar-refractivity contribution in [2.45, 2.75) is 19.3 Å². The molecule has 0 aromatic rings. The molecule has 0 spiro atoms. The number of carbonyl (C=O) groups is 1. The van der Waals surface area contributed by atoms with E-state index in [2.05, 4.69) is 11.9 Å². The summed E-state index contributed by atoms with van der Waals surface area (Å²) in [5, 5.41) is 11.5. The number of carboxylic acids is 1. The van der Waals surface area contributed by atoms with Crippen LogP contribution in [-0.2, 0) is 9.53 Å². The summed E-state index contributed by atoms with van der Waals surface area (Å²) in [5.74, 6) is -0.933. The Morgan fingerprint density at radius 2 is 2.14 bits per heavy atom. The lowest BCUT2D eigenvalue weighted by atomic mass is 10.2. The Bertz CT molecular complexity index is 180. The Labute approximate surface area is 85.0 Å². The first-order chi connectivity index (χ1) is 6.68. The number of ether oxygens (including phenoxy) is 1. The molecule has 0 aliphatic carbocycles. The highest BCUT2D eigenvalue weighted by molar-refractivity contribution is 5.86. The zero-order chi connectivity index (χ0) is 10.8. The summed E-state index contributed by atoms with van der Waals surface area (Å²) in [6, 6.07) is 0. The van der Waals surface area contributed by atoms with Crippen LogP contribution in [0.5, 0.6) is 0 Å². The number of rotatable bonds is 9. The Kier molecular flexibility index (Phi) is 8.17. The maximum atomic E-state index is 10.3. The number of aliphatic carboxylic acids is 1. The minimum absolute atomic E-state index is 0.210. The fraction of sp³-hybridized carbons (Fsp3) is 0.700. The third-order valence-corrected chi connectivity index (χ3v) is 1.84. The topological polar surface area (TPSA) is 58.6 Å². The normalized spacial score (nSPS) is 10.1. The summed E-state index contributed by atoms with van der Waals surface area (Å²) in [4.78, 5) is 10.3. The van der Waals surface area contributed by atoms with Gasteiger partial charge in [0, 0.05) is 25.8 Å². The van der Waals surface area contributed by atoms with E-state index in [1.165, 1.54) is 0 Å². The van der Waals surface area contributed by atoms with Crippen LogP contribution in [0.1, 0.15) is 19.3 Å². The molecule has 0 saturated carbocycles. The maximum Gasteiger partial charge on any atom is 0.332 e. The number of hydrogen-bond acceptors (Lipinski definition) is 3. The average Bonchev–Trinajstić information content (AvgIpc) is 2.16. The van der Waals surface area contributed by atoms with Crippen LogP contribution in [0.4, 0.5) is 0 Å². The molecule has 0 radical (unpaired) electrons. The van der Waals surface area contributed by atoms with Gasteiger partial charge in [0.15, 0.2) is 0 Å². The smallest absolute Gasteiger partial charge is 0.332 e. The quantitative estimate of drug-likeness (QED) is 0.432. The zero-order valence-electron chi connectivity index (χ0n) is 8.71. The minimum Gasteiger partial charge on any atom is -0.478 e. The van der Waals surface area contributed by atoms with Crippen LogP contribution >= 0.6 is 0 Å². The fourth-order valence-electron chi connectivity index (χ4n) is 0.988. The first-order valence-corrected chi connectivity index (χ1v) is 4.79. The molecule has 0 aromatic carbocycles. The Balaban J connectivity index is 3.13. The van der Waals surface area contributed by atoms with Gasteiger partial charge in [0.2, 0.25) is 0 Å². The van der Waals surface area contributed by atoms with Crippen molar-refractivity contribution in [2.75, 3.05) is 26.8 Å². The first-order valence-electron chi connectivity index (χ1n) is 4.79.